The van der Waals surface area contributed by atoms with Gasteiger partial charge < -0.3 is 38.0 Å². The van der Waals surface area contributed by atoms with Crippen molar-refractivity contribution in [1.29, 1.82) is 0 Å². The first-order valence-electron chi connectivity index (χ1n) is 15.5. The molecule has 0 heterocycles. The molecule has 6 atom stereocenters. The van der Waals surface area contributed by atoms with Gasteiger partial charge in [0.2, 0.25) is 0 Å². The summed E-state index contributed by atoms with van der Waals surface area (Å²) in [5, 5.41) is 22.3. The third-order valence-electron chi connectivity index (χ3n) is 8.69. The maximum atomic E-state index is 11.2. The molecule has 8 nitrogen and oxygen atoms in total. The normalized spacial score (nSPS) is 18.4. The van der Waals surface area contributed by atoms with Crippen LogP contribution in [0.5, 0.6) is 0 Å². The van der Waals surface area contributed by atoms with Crippen molar-refractivity contribution in [1.82, 2.24) is 0 Å². The topological polar surface area (TPSA) is 95.8 Å². The lowest BCUT2D eigenvalue weighted by Crippen LogP contribution is -2.52. The van der Waals surface area contributed by atoms with Gasteiger partial charge in [0.05, 0.1) is 24.4 Å². The van der Waals surface area contributed by atoms with Crippen LogP contribution in [0.15, 0.2) is 24.3 Å². The average molecular weight is 635 g/mol. The van der Waals surface area contributed by atoms with E-state index < -0.39 is 41.1 Å². The zero-order chi connectivity index (χ0) is 32.8. The molecule has 0 aromatic heterocycles. The molecule has 0 unspecified atom stereocenters. The van der Waals surface area contributed by atoms with E-state index in [2.05, 4.69) is 67.7 Å². The fraction of sp³-hybridized carbons (Fsp3) is 0.875. The van der Waals surface area contributed by atoms with Crippen LogP contribution in [0.2, 0.25) is 36.3 Å². The Labute approximate surface area is 260 Å². The second-order valence-electron chi connectivity index (χ2n) is 14.2. The summed E-state index contributed by atoms with van der Waals surface area (Å²) < 4.78 is 35.9. The van der Waals surface area contributed by atoms with Crippen LogP contribution in [0.25, 0.3) is 0 Å². The molecule has 0 fully saturated rings. The van der Waals surface area contributed by atoms with Gasteiger partial charge in [-0.05, 0) is 75.8 Å². The van der Waals surface area contributed by atoms with Crippen molar-refractivity contribution in [3.63, 3.8) is 0 Å². The Hall–Kier alpha value is -0.406. The maximum Gasteiger partial charge on any atom is 0.192 e. The third kappa shape index (κ3) is 14.6. The van der Waals surface area contributed by atoms with Crippen LogP contribution in [-0.4, -0.2) is 91.3 Å². The Bertz CT molecular complexity index is 709. The summed E-state index contributed by atoms with van der Waals surface area (Å²) in [4.78, 5) is 0. The number of allylic oxidation sites excluding steroid dienone is 2. The molecule has 0 spiro atoms. The highest BCUT2D eigenvalue weighted by Gasteiger charge is 2.45. The van der Waals surface area contributed by atoms with Gasteiger partial charge in [-0.1, -0.05) is 65.8 Å². The Morgan fingerprint density at radius 1 is 0.595 bits per heavy atom. The average Bonchev–Trinajstić information content (AvgIpc) is 2.87. The highest BCUT2D eigenvalue weighted by Crippen LogP contribution is 2.42. The molecule has 0 rings (SSSR count). The summed E-state index contributed by atoms with van der Waals surface area (Å²) in [6.07, 6.45) is 6.62. The summed E-state index contributed by atoms with van der Waals surface area (Å²) in [6.45, 7) is 26.4. The lowest BCUT2D eigenvalue weighted by Gasteiger charge is -2.45. The smallest absolute Gasteiger partial charge is 0.192 e. The van der Waals surface area contributed by atoms with Crippen LogP contribution < -0.4 is 0 Å². The molecule has 0 radical (unpaired) electrons. The molecular formula is C32H66O8Si2. The zero-order valence-electron chi connectivity index (χ0n) is 29.4. The molecule has 250 valence electrons. The second kappa shape index (κ2) is 19.2. The van der Waals surface area contributed by atoms with Crippen LogP contribution in [0.3, 0.4) is 0 Å². The van der Waals surface area contributed by atoms with E-state index in [1.165, 1.54) is 0 Å². The van der Waals surface area contributed by atoms with Gasteiger partial charge in [0.25, 0.3) is 0 Å². The number of aliphatic hydroxyl groups is 2. The molecule has 0 aromatic rings. The standard InChI is InChI=1S/C32H66O8Si2/c1-15-17-27(37-23-35-9)25(33)19-21-29(39-41(11,12)31(3,4)5)30(40-42(13,14)32(6,7)8)22-20-26(34)28(18-16-2)38-24-36-10/h15-18,25-30,33-34H,19-24H2,1-14H3/b17-15+,18-16+/t25-,26-,27-,28-,29-,30-/m1/s1. The maximum absolute atomic E-state index is 11.2. The number of ether oxygens (including phenoxy) is 4. The molecule has 0 aliphatic carbocycles. The quantitative estimate of drug-likeness (QED) is 0.0779. The zero-order valence-corrected chi connectivity index (χ0v) is 31.4. The first-order valence-corrected chi connectivity index (χ1v) is 21.3. The predicted octanol–water partition coefficient (Wildman–Crippen LogP) is 7.18. The van der Waals surface area contributed by atoms with Gasteiger partial charge in [-0.2, -0.15) is 0 Å². The molecule has 0 saturated heterocycles. The Morgan fingerprint density at radius 2 is 0.905 bits per heavy atom. The van der Waals surface area contributed by atoms with Crippen LogP contribution in [0.1, 0.15) is 81.1 Å². The second-order valence-corrected chi connectivity index (χ2v) is 23.8. The van der Waals surface area contributed by atoms with E-state index in [0.29, 0.717) is 25.7 Å². The molecule has 42 heavy (non-hydrogen) atoms. The van der Waals surface area contributed by atoms with E-state index in [1.807, 2.05) is 38.2 Å². The number of aliphatic hydroxyl groups excluding tert-OH is 2. The van der Waals surface area contributed by atoms with Crippen molar-refractivity contribution in [2.45, 2.75) is 154 Å². The van der Waals surface area contributed by atoms with Crippen LogP contribution in [-0.2, 0) is 27.8 Å². The minimum absolute atomic E-state index is 0.00896. The minimum atomic E-state index is -2.22. The third-order valence-corrected chi connectivity index (χ3v) is 17.7. The summed E-state index contributed by atoms with van der Waals surface area (Å²) in [5.41, 5.74) is 0. The van der Waals surface area contributed by atoms with Crippen molar-refractivity contribution in [3.05, 3.63) is 24.3 Å². The number of hydrogen-bond acceptors (Lipinski definition) is 8. The van der Waals surface area contributed by atoms with Gasteiger partial charge in [-0.3, -0.25) is 0 Å². The van der Waals surface area contributed by atoms with Gasteiger partial charge in [0.15, 0.2) is 16.6 Å². The first kappa shape index (κ1) is 41.6. The highest BCUT2D eigenvalue weighted by molar-refractivity contribution is 6.74. The van der Waals surface area contributed by atoms with Crippen molar-refractivity contribution in [2.75, 3.05) is 27.8 Å². The van der Waals surface area contributed by atoms with Crippen molar-refractivity contribution in [2.24, 2.45) is 0 Å². The minimum Gasteiger partial charge on any atom is -0.411 e. The van der Waals surface area contributed by atoms with Gasteiger partial charge >= 0.3 is 0 Å². The molecule has 0 saturated carbocycles. The summed E-state index contributed by atoms with van der Waals surface area (Å²) in [5.74, 6) is 0. The van der Waals surface area contributed by atoms with E-state index in [9.17, 15) is 10.2 Å². The first-order chi connectivity index (χ1) is 19.3. The monoisotopic (exact) mass is 634 g/mol. The molecule has 10 heteroatoms. The Kier molecular flexibility index (Phi) is 19.0. The van der Waals surface area contributed by atoms with E-state index in [4.69, 9.17) is 27.8 Å². The van der Waals surface area contributed by atoms with E-state index in [0.717, 1.165) is 0 Å². The highest BCUT2D eigenvalue weighted by atomic mass is 28.4. The van der Waals surface area contributed by atoms with Crippen molar-refractivity contribution < 1.29 is 38.0 Å². The van der Waals surface area contributed by atoms with Gasteiger partial charge in [0.1, 0.15) is 25.8 Å². The molecule has 0 aromatic carbocycles. The fourth-order valence-electron chi connectivity index (χ4n) is 4.01. The Morgan fingerprint density at radius 3 is 1.14 bits per heavy atom. The molecule has 0 aliphatic heterocycles. The summed E-state index contributed by atoms with van der Waals surface area (Å²) >= 11 is 0. The number of methoxy groups -OCH3 is 2. The van der Waals surface area contributed by atoms with Gasteiger partial charge in [-0.15, -0.1) is 0 Å². The summed E-state index contributed by atoms with van der Waals surface area (Å²) in [7, 11) is -1.30. The van der Waals surface area contributed by atoms with Gasteiger partial charge in [-0.25, -0.2) is 0 Å². The molecule has 0 aliphatic rings. The lowest BCUT2D eigenvalue weighted by molar-refractivity contribution is -0.0999. The van der Waals surface area contributed by atoms with Gasteiger partial charge in [0, 0.05) is 14.2 Å². The van der Waals surface area contributed by atoms with Crippen molar-refractivity contribution in [3.8, 4) is 0 Å². The van der Waals surface area contributed by atoms with E-state index in [-0.39, 0.29) is 35.9 Å². The molecular weight excluding hydrogens is 569 g/mol. The lowest BCUT2D eigenvalue weighted by atomic mass is 9.97. The SMILES string of the molecule is C/C=C/[C@@H](OCOC)[C@H](O)CC[C@@H](O[Si](C)(C)C(C)(C)C)[C@@H](CC[C@@H](O)[C@@H](/C=C/C)OCOC)O[Si](C)(C)C(C)(C)C. The number of hydrogen-bond donors (Lipinski definition) is 2. The molecule has 0 amide bonds. The predicted molar refractivity (Wildman–Crippen MR) is 178 cm³/mol. The van der Waals surface area contributed by atoms with Crippen LogP contribution in [0.4, 0.5) is 0 Å². The van der Waals surface area contributed by atoms with Crippen LogP contribution >= 0.6 is 0 Å². The van der Waals surface area contributed by atoms with E-state index in [1.54, 1.807) is 14.2 Å². The largest absolute Gasteiger partial charge is 0.411 e. The van der Waals surface area contributed by atoms with Crippen LogP contribution in [0, 0.1) is 0 Å². The molecule has 0 bridgehead atoms. The molecule has 2 N–H and O–H groups in total. The Balaban J connectivity index is 6.39. The van der Waals surface area contributed by atoms with Crippen molar-refractivity contribution >= 4 is 16.6 Å². The summed E-state index contributed by atoms with van der Waals surface area (Å²) in [6, 6.07) is 0. The fourth-order valence-corrected chi connectivity index (χ4v) is 6.77. The van der Waals surface area contributed by atoms with E-state index >= 15 is 0 Å². The number of rotatable bonds is 21.